The molecule has 5 aromatic rings. The summed E-state index contributed by atoms with van der Waals surface area (Å²) >= 11 is 0. The number of morpholine rings is 1. The molecule has 1 aliphatic heterocycles. The van der Waals surface area contributed by atoms with Gasteiger partial charge in [0.15, 0.2) is 11.6 Å². The van der Waals surface area contributed by atoms with E-state index in [1.54, 1.807) is 40.2 Å². The lowest BCUT2D eigenvalue weighted by molar-refractivity contribution is -0.0432. The molecule has 1 amide bonds. The van der Waals surface area contributed by atoms with Gasteiger partial charge >= 0.3 is 6.09 Å². The molecule has 1 atom stereocenters. The molecule has 0 aliphatic carbocycles. The van der Waals surface area contributed by atoms with E-state index in [0.29, 0.717) is 31.3 Å². The lowest BCUT2D eigenvalue weighted by atomic mass is 10.1. The molecule has 1 aliphatic rings. The van der Waals surface area contributed by atoms with Crippen molar-refractivity contribution >= 4 is 6.09 Å². The molecule has 0 unspecified atom stereocenters. The molecule has 1 N–H and O–H groups in total. The van der Waals surface area contributed by atoms with Gasteiger partial charge in [-0.3, -0.25) is 5.10 Å². The van der Waals surface area contributed by atoms with Gasteiger partial charge in [0, 0.05) is 17.7 Å². The third-order valence-electron chi connectivity index (χ3n) is 6.37. The number of H-pyrrole nitrogens is 1. The lowest BCUT2D eigenvalue weighted by Crippen LogP contribution is -2.44. The zero-order chi connectivity index (χ0) is 30.4. The molecular formula is C31H31F2N7O3. The van der Waals surface area contributed by atoms with Crippen molar-refractivity contribution in [3.63, 3.8) is 0 Å². The molecular weight excluding hydrogens is 556 g/mol. The number of benzene rings is 3. The van der Waals surface area contributed by atoms with E-state index in [2.05, 4.69) is 25.3 Å². The smallest absolute Gasteiger partial charge is 0.410 e. The Balaban J connectivity index is 0.000000255. The summed E-state index contributed by atoms with van der Waals surface area (Å²) in [5.41, 5.74) is 2.85. The van der Waals surface area contributed by atoms with Crippen molar-refractivity contribution in [3.05, 3.63) is 103 Å². The minimum absolute atomic E-state index is 0.221. The van der Waals surface area contributed by atoms with Crippen molar-refractivity contribution in [2.75, 3.05) is 19.7 Å². The van der Waals surface area contributed by atoms with Crippen molar-refractivity contribution in [1.82, 2.24) is 34.8 Å². The molecule has 6 rings (SSSR count). The Kier molecular flexibility index (Phi) is 8.86. The number of rotatable bonds is 4. The van der Waals surface area contributed by atoms with E-state index < -0.39 is 5.60 Å². The van der Waals surface area contributed by atoms with Gasteiger partial charge in [-0.05, 0) is 87.0 Å². The van der Waals surface area contributed by atoms with Gasteiger partial charge in [0.05, 0.1) is 18.8 Å². The van der Waals surface area contributed by atoms with Crippen LogP contribution >= 0.6 is 0 Å². The van der Waals surface area contributed by atoms with Crippen LogP contribution in [-0.4, -0.2) is 66.2 Å². The summed E-state index contributed by atoms with van der Waals surface area (Å²) in [6.45, 7) is 6.96. The highest BCUT2D eigenvalue weighted by Gasteiger charge is 2.29. The van der Waals surface area contributed by atoms with Gasteiger partial charge in [0.25, 0.3) is 0 Å². The SMILES string of the molecule is CC(C)(C)OC(=O)N1CCO[C@@H](c2ccc(-n3cnc(-c4ccc(F)cc4)n3)cc2)C1.Fc1ccc(-c2ncn[nH]2)cc1. The lowest BCUT2D eigenvalue weighted by Gasteiger charge is -2.34. The van der Waals surface area contributed by atoms with Crippen LogP contribution in [0, 0.1) is 11.6 Å². The minimum atomic E-state index is -0.531. The Morgan fingerprint density at radius 3 is 2.19 bits per heavy atom. The predicted molar refractivity (Wildman–Crippen MR) is 155 cm³/mol. The molecule has 1 fully saturated rings. The molecule has 0 bridgehead atoms. The summed E-state index contributed by atoms with van der Waals surface area (Å²) in [4.78, 5) is 22.3. The van der Waals surface area contributed by atoms with Crippen LogP contribution in [0.4, 0.5) is 13.6 Å². The number of hydrogen-bond acceptors (Lipinski definition) is 7. The third kappa shape index (κ3) is 7.86. The van der Waals surface area contributed by atoms with Crippen molar-refractivity contribution in [2.45, 2.75) is 32.5 Å². The van der Waals surface area contributed by atoms with Crippen LogP contribution in [0.2, 0.25) is 0 Å². The van der Waals surface area contributed by atoms with Gasteiger partial charge in [-0.2, -0.15) is 5.10 Å². The van der Waals surface area contributed by atoms with Gasteiger partial charge in [-0.1, -0.05) is 12.1 Å². The van der Waals surface area contributed by atoms with Crippen LogP contribution in [0.15, 0.2) is 85.5 Å². The first-order valence-electron chi connectivity index (χ1n) is 13.6. The molecule has 2 aromatic heterocycles. The predicted octanol–water partition coefficient (Wildman–Crippen LogP) is 5.99. The van der Waals surface area contributed by atoms with E-state index in [1.807, 2.05) is 45.0 Å². The fourth-order valence-electron chi connectivity index (χ4n) is 4.26. The molecule has 222 valence electrons. The Bertz CT molecular complexity index is 1620. The summed E-state index contributed by atoms with van der Waals surface area (Å²) in [5.74, 6) is 0.620. The third-order valence-corrected chi connectivity index (χ3v) is 6.37. The van der Waals surface area contributed by atoms with Crippen molar-refractivity contribution < 1.29 is 23.0 Å². The summed E-state index contributed by atoms with van der Waals surface area (Å²) in [6.07, 6.45) is 2.49. The van der Waals surface area contributed by atoms with E-state index in [4.69, 9.17) is 9.47 Å². The fraction of sp³-hybridized carbons (Fsp3) is 0.258. The summed E-state index contributed by atoms with van der Waals surface area (Å²) < 4.78 is 38.6. The Morgan fingerprint density at radius 1 is 0.930 bits per heavy atom. The standard InChI is InChI=1S/C23H25FN4O3.C8H6FN3/c1-23(2,3)31-22(29)27-12-13-30-20(14-27)16-6-10-19(11-7-16)28-15-25-21(26-28)17-4-8-18(24)9-5-17;9-7-3-1-6(2-4-7)8-10-5-11-12-8/h4-11,15,20H,12-14H2,1-3H3;1-5H,(H,10,11,12)/t20-;/m1./s1. The Morgan fingerprint density at radius 2 is 1.58 bits per heavy atom. The largest absolute Gasteiger partial charge is 0.444 e. The zero-order valence-electron chi connectivity index (χ0n) is 23.9. The Hall–Kier alpha value is -4.97. The number of halogens is 2. The maximum Gasteiger partial charge on any atom is 0.410 e. The number of amides is 1. The summed E-state index contributed by atoms with van der Waals surface area (Å²) in [5, 5.41) is 10.9. The second-order valence-corrected chi connectivity index (χ2v) is 10.7. The first kappa shape index (κ1) is 29.5. The maximum atomic E-state index is 13.1. The van der Waals surface area contributed by atoms with Crippen molar-refractivity contribution in [2.24, 2.45) is 0 Å². The van der Waals surface area contributed by atoms with Crippen molar-refractivity contribution in [1.29, 1.82) is 0 Å². The number of ether oxygens (including phenoxy) is 2. The average molecular weight is 588 g/mol. The van der Waals surface area contributed by atoms with Gasteiger partial charge in [-0.15, -0.1) is 5.10 Å². The molecule has 3 aromatic carbocycles. The van der Waals surface area contributed by atoms with Crippen LogP contribution in [0.3, 0.4) is 0 Å². The molecule has 10 nitrogen and oxygen atoms in total. The van der Waals surface area contributed by atoms with E-state index in [-0.39, 0.29) is 23.8 Å². The summed E-state index contributed by atoms with van der Waals surface area (Å²) in [6, 6.07) is 19.9. The van der Waals surface area contributed by atoms with Crippen LogP contribution in [0.5, 0.6) is 0 Å². The minimum Gasteiger partial charge on any atom is -0.444 e. The number of carbonyl (C=O) groups is 1. The van der Waals surface area contributed by atoms with Gasteiger partial charge in [-0.25, -0.2) is 28.2 Å². The van der Waals surface area contributed by atoms with Gasteiger partial charge < -0.3 is 14.4 Å². The number of hydrogen-bond donors (Lipinski definition) is 1. The van der Waals surface area contributed by atoms with E-state index in [9.17, 15) is 13.6 Å². The normalized spacial score (nSPS) is 15.0. The van der Waals surface area contributed by atoms with Gasteiger partial charge in [0.1, 0.15) is 36.0 Å². The number of aromatic amines is 1. The molecule has 12 heteroatoms. The summed E-state index contributed by atoms with van der Waals surface area (Å²) in [7, 11) is 0. The highest BCUT2D eigenvalue weighted by atomic mass is 19.1. The maximum absolute atomic E-state index is 13.1. The quantitative estimate of drug-likeness (QED) is 0.275. The monoisotopic (exact) mass is 587 g/mol. The van der Waals surface area contributed by atoms with Crippen LogP contribution in [-0.2, 0) is 9.47 Å². The fourth-order valence-corrected chi connectivity index (χ4v) is 4.26. The molecule has 0 spiro atoms. The zero-order valence-corrected chi connectivity index (χ0v) is 23.9. The molecule has 43 heavy (non-hydrogen) atoms. The second-order valence-electron chi connectivity index (χ2n) is 10.7. The molecule has 3 heterocycles. The first-order chi connectivity index (χ1) is 20.6. The van der Waals surface area contributed by atoms with E-state index in [1.165, 1.54) is 30.6 Å². The number of nitrogens with zero attached hydrogens (tertiary/aromatic N) is 6. The first-order valence-corrected chi connectivity index (χ1v) is 13.6. The topological polar surface area (TPSA) is 111 Å². The number of aromatic nitrogens is 6. The molecule has 0 radical (unpaired) electrons. The van der Waals surface area contributed by atoms with Gasteiger partial charge in [0.2, 0.25) is 0 Å². The highest BCUT2D eigenvalue weighted by molar-refractivity contribution is 5.68. The van der Waals surface area contributed by atoms with Crippen molar-refractivity contribution in [3.8, 4) is 28.5 Å². The molecule has 0 saturated carbocycles. The van der Waals surface area contributed by atoms with Crippen LogP contribution < -0.4 is 0 Å². The van der Waals surface area contributed by atoms with Crippen LogP contribution in [0.1, 0.15) is 32.4 Å². The Labute approximate surface area is 247 Å². The number of carbonyl (C=O) groups excluding carboxylic acids is 1. The highest BCUT2D eigenvalue weighted by Crippen LogP contribution is 2.25. The number of nitrogens with one attached hydrogen (secondary N) is 1. The molecule has 1 saturated heterocycles. The average Bonchev–Trinajstić information content (AvgIpc) is 3.71. The van der Waals surface area contributed by atoms with E-state index >= 15 is 0 Å². The van der Waals surface area contributed by atoms with Crippen LogP contribution in [0.25, 0.3) is 28.5 Å². The van der Waals surface area contributed by atoms with E-state index in [0.717, 1.165) is 22.4 Å². The second kappa shape index (κ2) is 12.9.